The number of alkyl halides is 2. The molecule has 1 heterocycles. The van der Waals surface area contributed by atoms with E-state index >= 15 is 0 Å². The van der Waals surface area contributed by atoms with E-state index in [0.717, 1.165) is 78.5 Å². The quantitative estimate of drug-likeness (QED) is 0.0799. The van der Waals surface area contributed by atoms with Crippen molar-refractivity contribution in [3.05, 3.63) is 521 Å². The van der Waals surface area contributed by atoms with Gasteiger partial charge in [-0.1, -0.05) is 364 Å². The third-order valence-corrected chi connectivity index (χ3v) is 23.8. The predicted octanol–water partition coefficient (Wildman–Crippen LogP) is 34.9. The number of aromatic nitrogens is 1. The maximum atomic E-state index is 13.3. The van der Waals surface area contributed by atoms with Crippen LogP contribution in [0.3, 0.4) is 0 Å². The van der Waals surface area contributed by atoms with Crippen molar-refractivity contribution in [2.24, 2.45) is 5.92 Å². The lowest BCUT2D eigenvalue weighted by atomic mass is 9.78. The van der Waals surface area contributed by atoms with Crippen LogP contribution >= 0.6 is 34.8 Å². The van der Waals surface area contributed by atoms with Gasteiger partial charge in [0.15, 0.2) is 0 Å². The molecule has 5 atom stereocenters. The minimum atomic E-state index is -3.18. The third kappa shape index (κ3) is 33.6. The number of ether oxygens (including phenoxy) is 1. The molecule has 0 radical (unpaired) electrons. The normalized spacial score (nSPS) is 12.8. The van der Waals surface area contributed by atoms with Gasteiger partial charge in [0.1, 0.15) is 34.8 Å². The van der Waals surface area contributed by atoms with Crippen molar-refractivity contribution in [1.29, 1.82) is 0 Å². The summed E-state index contributed by atoms with van der Waals surface area (Å²) in [5, 5.41) is 2.23. The van der Waals surface area contributed by atoms with Crippen molar-refractivity contribution >= 4 is 34.8 Å². The molecule has 5 unspecified atom stereocenters. The van der Waals surface area contributed by atoms with Crippen LogP contribution in [-0.4, -0.2) is 11.1 Å². The van der Waals surface area contributed by atoms with Crippen molar-refractivity contribution < 1.29 is 35.5 Å². The highest BCUT2D eigenvalue weighted by atomic mass is 35.5. The maximum absolute atomic E-state index is 13.3. The zero-order valence-corrected chi connectivity index (χ0v) is 76.5. The lowest BCUT2D eigenvalue weighted by Crippen LogP contribution is -2.19. The second-order valence-electron chi connectivity index (χ2n) is 32.5. The Morgan fingerprint density at radius 1 is 0.276 bits per heavy atom. The molecule has 0 aliphatic heterocycles. The first-order valence-electron chi connectivity index (χ1n) is 43.4. The van der Waals surface area contributed by atoms with Gasteiger partial charge in [0.05, 0.1) is 0 Å². The molecule has 1 saturated carbocycles. The molecule has 0 amide bonds. The highest BCUT2D eigenvalue weighted by Crippen LogP contribution is 2.38. The Balaban J connectivity index is 0.000000164. The van der Waals surface area contributed by atoms with Gasteiger partial charge in [0, 0.05) is 75.8 Å². The topological polar surface area (TPSA) is 22.1 Å². The molecule has 0 spiro atoms. The van der Waals surface area contributed by atoms with E-state index in [1.807, 2.05) is 132 Å². The van der Waals surface area contributed by atoms with Crippen LogP contribution < -0.4 is 4.74 Å². The Bertz CT molecular complexity index is 5120. The Kier molecular flexibility index (Phi) is 40.0. The van der Waals surface area contributed by atoms with E-state index in [9.17, 15) is 30.7 Å². The van der Waals surface area contributed by atoms with E-state index in [4.69, 9.17) is 34.8 Å². The Morgan fingerprint density at radius 3 is 0.843 bits per heavy atom. The van der Waals surface area contributed by atoms with E-state index in [1.165, 1.54) is 132 Å². The number of hydrogen-bond acceptors (Lipinski definition) is 2. The van der Waals surface area contributed by atoms with Crippen molar-refractivity contribution in [2.45, 2.75) is 162 Å². The molecule has 0 saturated heterocycles. The predicted molar refractivity (Wildman–Crippen MR) is 518 cm³/mol. The molecule has 1 aromatic heterocycles. The summed E-state index contributed by atoms with van der Waals surface area (Å²) in [5.41, 5.74) is 19.4. The molecule has 1 fully saturated rings. The van der Waals surface area contributed by atoms with Gasteiger partial charge in [-0.3, -0.25) is 4.98 Å². The van der Waals surface area contributed by atoms with Gasteiger partial charge in [-0.15, -0.1) is 0 Å². The summed E-state index contributed by atoms with van der Waals surface area (Å²) in [4.78, 5) is 4.13. The molecule has 1 aliphatic carbocycles. The molecular weight excluding hydrogens is 1650 g/mol. The summed E-state index contributed by atoms with van der Waals surface area (Å²) in [6.07, 6.45) is 7.64. The first kappa shape index (κ1) is 99.2. The minimum Gasteiger partial charge on any atom is -0.433 e. The minimum absolute atomic E-state index is 0.0602. The lowest BCUT2D eigenvalue weighted by Gasteiger charge is -2.27. The standard InChI is InChI=1S/C16H15ClF2O.C15H14ClF.C15H14F2.C14H19Cl.C14H12F2.2C14H14.C13H13N/c1-11(12-6-8-14(17)9-7-12)13-4-3-5-15(10-13)20-16(2,18)19;2*1-10-7-13(9-15(17)8-10)11(2)12-3-5-14(16)6-4-12;1-11(12-5-3-2-4-6-12)13-7-9-14(15)10-8-13;1-10(11-2-6-13(15)7-3-11)12-4-8-14(16)9-5-12;2*1-12(13-8-4-2-5-9-13)14-10-6-3-7-11-14;1-11(12-6-3-2-4-7-12)13-8-5-9-14-10-13/h3-11H,1-2H3;2*3-9,11H,1-2H3;7-12H,2-6H2,1H3;2-10H,1H3;2*2-12H,1H3;2-11H,1H3. The Labute approximate surface area is 764 Å². The summed E-state index contributed by atoms with van der Waals surface area (Å²) in [5.74, 6) is 2.43. The average Bonchev–Trinajstić information content (AvgIpc) is 0.848. The highest BCUT2D eigenvalue weighted by Gasteiger charge is 2.25. The molecule has 15 aromatic rings. The van der Waals surface area contributed by atoms with E-state index in [1.54, 1.807) is 60.8 Å². The van der Waals surface area contributed by atoms with E-state index < -0.39 is 6.11 Å². The number of benzene rings is 14. The van der Waals surface area contributed by atoms with Gasteiger partial charge in [0.25, 0.3) is 0 Å². The fourth-order valence-corrected chi connectivity index (χ4v) is 15.6. The van der Waals surface area contributed by atoms with Gasteiger partial charge < -0.3 is 4.74 Å². The molecule has 2 nitrogen and oxygen atoms in total. The number of aryl methyl sites for hydroxylation is 2. The summed E-state index contributed by atoms with van der Waals surface area (Å²) in [7, 11) is 0. The molecule has 656 valence electrons. The molecular formula is C115H115Cl3F7NO. The van der Waals surface area contributed by atoms with Crippen LogP contribution in [0.4, 0.5) is 30.7 Å². The van der Waals surface area contributed by atoms with Crippen LogP contribution in [0.2, 0.25) is 15.1 Å². The fourth-order valence-electron chi connectivity index (χ4n) is 15.2. The number of hydrogen-bond donors (Lipinski definition) is 0. The lowest BCUT2D eigenvalue weighted by molar-refractivity contribution is -0.159. The van der Waals surface area contributed by atoms with Crippen molar-refractivity contribution in [2.75, 3.05) is 0 Å². The zero-order chi connectivity index (χ0) is 91.2. The van der Waals surface area contributed by atoms with Crippen molar-refractivity contribution in [1.82, 2.24) is 4.98 Å². The second-order valence-corrected chi connectivity index (χ2v) is 33.8. The molecule has 14 aromatic carbocycles. The molecule has 0 N–H and O–H groups in total. The molecule has 12 heteroatoms. The Morgan fingerprint density at radius 2 is 0.543 bits per heavy atom. The zero-order valence-electron chi connectivity index (χ0n) is 74.2. The second kappa shape index (κ2) is 51.3. The summed E-state index contributed by atoms with van der Waals surface area (Å²) < 4.78 is 95.3. The van der Waals surface area contributed by atoms with Crippen molar-refractivity contribution in [3.63, 3.8) is 0 Å². The largest absolute Gasteiger partial charge is 0.433 e. The first-order chi connectivity index (χ1) is 61.0. The molecule has 1 aliphatic rings. The van der Waals surface area contributed by atoms with Crippen LogP contribution in [0.5, 0.6) is 5.75 Å². The Hall–Kier alpha value is -11.6. The van der Waals surface area contributed by atoms with Gasteiger partial charge >= 0.3 is 6.11 Å². The number of rotatable bonds is 18. The number of halogens is 10. The fraction of sp³-hybridized carbons (Fsp3) is 0.226. The maximum Gasteiger partial charge on any atom is 0.394 e. The van der Waals surface area contributed by atoms with Crippen LogP contribution in [0.25, 0.3) is 0 Å². The summed E-state index contributed by atoms with van der Waals surface area (Å²) >= 11 is 17.6. The van der Waals surface area contributed by atoms with E-state index in [0.29, 0.717) is 28.7 Å². The highest BCUT2D eigenvalue weighted by molar-refractivity contribution is 6.31. The van der Waals surface area contributed by atoms with Crippen molar-refractivity contribution in [3.8, 4) is 5.75 Å². The molecule has 127 heavy (non-hydrogen) atoms. The summed E-state index contributed by atoms with van der Waals surface area (Å²) in [6, 6.07) is 117. The average molecular weight is 1770 g/mol. The number of pyridine rings is 1. The van der Waals surface area contributed by atoms with E-state index in [-0.39, 0.29) is 58.5 Å². The smallest absolute Gasteiger partial charge is 0.394 e. The van der Waals surface area contributed by atoms with Crippen LogP contribution in [0.15, 0.2) is 382 Å². The van der Waals surface area contributed by atoms with E-state index in [2.05, 4.69) is 208 Å². The van der Waals surface area contributed by atoms with Crippen LogP contribution in [-0.2, 0) is 0 Å². The van der Waals surface area contributed by atoms with Gasteiger partial charge in [-0.2, -0.15) is 8.78 Å². The number of nitrogens with zero attached hydrogens (tertiary/aromatic N) is 1. The van der Waals surface area contributed by atoms with Crippen LogP contribution in [0.1, 0.15) is 236 Å². The summed E-state index contributed by atoms with van der Waals surface area (Å²) in [6.45, 7) is 21.6. The van der Waals surface area contributed by atoms with Gasteiger partial charge in [0.2, 0.25) is 0 Å². The van der Waals surface area contributed by atoms with Crippen LogP contribution in [0, 0.1) is 48.9 Å². The van der Waals surface area contributed by atoms with Gasteiger partial charge in [-0.05, 0) is 248 Å². The third-order valence-electron chi connectivity index (χ3n) is 23.1. The monoisotopic (exact) mass is 1760 g/mol. The van der Waals surface area contributed by atoms with Gasteiger partial charge in [-0.25, -0.2) is 22.0 Å². The molecule has 0 bridgehead atoms. The molecule has 16 rings (SSSR count). The first-order valence-corrected chi connectivity index (χ1v) is 44.6. The SMILES string of the molecule is CC(c1ccc(Cl)cc1)C1CCCCC1.CC(c1ccc(Cl)cc1)c1cccc(OC(C)(F)F)c1.CC(c1ccc(F)cc1)c1ccc(F)cc1.CC(c1ccccc1)c1ccccc1.CC(c1ccccc1)c1ccccc1.CC(c1ccccc1)c1cccnc1.Cc1cc(F)cc(C(C)c2ccc(Cl)cc2)c1.Cc1cc(F)cc(C(C)c2ccc(F)cc2)c1.